The Balaban J connectivity index is 5.17. The highest BCUT2D eigenvalue weighted by molar-refractivity contribution is 6.01. The molecule has 2 atom stereocenters. The lowest BCUT2D eigenvalue weighted by Crippen LogP contribution is -2.31. The van der Waals surface area contributed by atoms with Crippen molar-refractivity contribution in [2.24, 2.45) is 16.6 Å². The number of allylic oxidation sites excluding steroid dienone is 2. The molecule has 0 aliphatic heterocycles. The molecule has 0 aliphatic rings. The van der Waals surface area contributed by atoms with Crippen LogP contribution in [-0.2, 0) is 0 Å². The van der Waals surface area contributed by atoms with Crippen LogP contribution in [0.4, 0.5) is 13.2 Å². The summed E-state index contributed by atoms with van der Waals surface area (Å²) in [5.41, 5.74) is 6.09. The Bertz CT molecular complexity index is 338. The molecule has 0 aromatic rings. The second kappa shape index (κ2) is 6.00. The van der Waals surface area contributed by atoms with Crippen LogP contribution in [0.25, 0.3) is 0 Å². The minimum absolute atomic E-state index is 0.134. The largest absolute Gasteiger partial charge is 0.413 e. The molecule has 0 rings (SSSR count). The highest BCUT2D eigenvalue weighted by atomic mass is 19.4. The summed E-state index contributed by atoms with van der Waals surface area (Å²) >= 11 is 0. The summed E-state index contributed by atoms with van der Waals surface area (Å²) < 4.78 is 36.8. The van der Waals surface area contributed by atoms with Crippen LogP contribution in [-0.4, -0.2) is 17.9 Å². The van der Waals surface area contributed by atoms with Crippen molar-refractivity contribution in [1.82, 2.24) is 0 Å². The first-order valence-electron chi connectivity index (χ1n) is 5.30. The summed E-state index contributed by atoms with van der Waals surface area (Å²) in [5.74, 6) is -0.134. The summed E-state index contributed by atoms with van der Waals surface area (Å²) in [6.45, 7) is 9.98. The van der Waals surface area contributed by atoms with Crippen LogP contribution in [0, 0.1) is 5.92 Å². The molecule has 17 heavy (non-hydrogen) atoms. The first-order chi connectivity index (χ1) is 7.57. The van der Waals surface area contributed by atoms with E-state index in [0.29, 0.717) is 11.3 Å². The lowest BCUT2D eigenvalue weighted by Gasteiger charge is -2.18. The van der Waals surface area contributed by atoms with Crippen LogP contribution in [0.1, 0.15) is 27.7 Å². The van der Waals surface area contributed by atoms with Gasteiger partial charge in [0.15, 0.2) is 0 Å². The number of alkyl halides is 3. The molecule has 0 spiro atoms. The van der Waals surface area contributed by atoms with E-state index in [1.54, 1.807) is 13.8 Å². The third kappa shape index (κ3) is 5.17. The fraction of sp³-hybridized carbons (Fsp3) is 0.583. The highest BCUT2D eigenvalue weighted by Gasteiger charge is 2.30. The molecule has 0 heterocycles. The molecule has 2 N–H and O–H groups in total. The Morgan fingerprint density at radius 3 is 2.06 bits per heavy atom. The van der Waals surface area contributed by atoms with Crippen LogP contribution in [0.2, 0.25) is 0 Å². The van der Waals surface area contributed by atoms with Crippen molar-refractivity contribution in [1.29, 1.82) is 0 Å². The van der Waals surface area contributed by atoms with Gasteiger partial charge in [0.2, 0.25) is 0 Å². The molecule has 0 bridgehead atoms. The van der Waals surface area contributed by atoms with E-state index in [-0.39, 0.29) is 12.0 Å². The summed E-state index contributed by atoms with van der Waals surface area (Å²) in [4.78, 5) is 3.87. The predicted octanol–water partition coefficient (Wildman–Crippen LogP) is 3.45. The van der Waals surface area contributed by atoms with E-state index in [4.69, 9.17) is 5.73 Å². The van der Waals surface area contributed by atoms with Gasteiger partial charge in [0.05, 0.1) is 0 Å². The van der Waals surface area contributed by atoms with Crippen molar-refractivity contribution in [3.8, 4) is 0 Å². The van der Waals surface area contributed by atoms with E-state index >= 15 is 0 Å². The maximum absolute atomic E-state index is 12.3. The Morgan fingerprint density at radius 2 is 1.76 bits per heavy atom. The molecule has 5 heteroatoms. The van der Waals surface area contributed by atoms with Gasteiger partial charge in [0, 0.05) is 29.4 Å². The van der Waals surface area contributed by atoms with Gasteiger partial charge < -0.3 is 5.73 Å². The monoisotopic (exact) mass is 248 g/mol. The second-order valence-electron chi connectivity index (χ2n) is 4.25. The Kier molecular flexibility index (Phi) is 5.61. The predicted molar refractivity (Wildman–Crippen MR) is 64.9 cm³/mol. The zero-order chi connectivity index (χ0) is 13.8. The summed E-state index contributed by atoms with van der Waals surface area (Å²) in [6.07, 6.45) is -3.52. The summed E-state index contributed by atoms with van der Waals surface area (Å²) in [5, 5.41) is 0. The van der Waals surface area contributed by atoms with Gasteiger partial charge in [0.25, 0.3) is 0 Å². The van der Waals surface area contributed by atoms with Gasteiger partial charge in [-0.05, 0) is 26.3 Å². The molecule has 0 saturated carbocycles. The first-order valence-corrected chi connectivity index (χ1v) is 5.30. The van der Waals surface area contributed by atoms with Crippen molar-refractivity contribution in [2.75, 3.05) is 0 Å². The van der Waals surface area contributed by atoms with E-state index in [9.17, 15) is 13.2 Å². The normalized spacial score (nSPS) is 17.9. The molecule has 0 amide bonds. The quantitative estimate of drug-likeness (QED) is 0.760. The van der Waals surface area contributed by atoms with Gasteiger partial charge in [0.1, 0.15) is 0 Å². The van der Waals surface area contributed by atoms with Crippen LogP contribution in [0.3, 0.4) is 0 Å². The van der Waals surface area contributed by atoms with E-state index < -0.39 is 11.7 Å². The third-order valence-electron chi connectivity index (χ3n) is 2.50. The van der Waals surface area contributed by atoms with Crippen LogP contribution >= 0.6 is 0 Å². The zero-order valence-electron chi connectivity index (χ0n) is 10.6. The summed E-state index contributed by atoms with van der Waals surface area (Å²) in [7, 11) is 0. The topological polar surface area (TPSA) is 38.4 Å². The standard InChI is InChI=1S/C12H19F3N2/c1-7(2)11(9(4)10(5)16)17-6-8(3)12(13,14)15/h6,9-10H,1,16H2,2-5H3/b8-6+,17-11?. The van der Waals surface area contributed by atoms with Gasteiger partial charge in [-0.1, -0.05) is 13.5 Å². The molecule has 0 fully saturated rings. The number of aliphatic imine (C=N–C) groups is 1. The molecule has 0 aliphatic carbocycles. The lowest BCUT2D eigenvalue weighted by molar-refractivity contribution is -0.0914. The van der Waals surface area contributed by atoms with Crippen LogP contribution < -0.4 is 5.73 Å². The van der Waals surface area contributed by atoms with Crippen LogP contribution in [0.15, 0.2) is 28.9 Å². The number of nitrogens with zero attached hydrogens (tertiary/aromatic N) is 1. The van der Waals surface area contributed by atoms with Gasteiger partial charge in [-0.25, -0.2) is 0 Å². The minimum Gasteiger partial charge on any atom is -0.327 e. The Morgan fingerprint density at radius 1 is 1.29 bits per heavy atom. The Hall–Kier alpha value is -1.10. The van der Waals surface area contributed by atoms with Gasteiger partial charge in [-0.2, -0.15) is 13.2 Å². The number of halogens is 3. The van der Waals surface area contributed by atoms with E-state index in [1.165, 1.54) is 0 Å². The number of nitrogens with two attached hydrogens (primary N) is 1. The smallest absolute Gasteiger partial charge is 0.327 e. The molecule has 2 nitrogen and oxygen atoms in total. The fourth-order valence-corrected chi connectivity index (χ4v) is 1.10. The average molecular weight is 248 g/mol. The number of rotatable bonds is 4. The molecule has 0 radical (unpaired) electrons. The highest BCUT2D eigenvalue weighted by Crippen LogP contribution is 2.25. The zero-order valence-corrected chi connectivity index (χ0v) is 10.6. The average Bonchev–Trinajstić information content (AvgIpc) is 2.15. The molecule has 0 aromatic carbocycles. The Labute approximate surface area is 100 Å². The van der Waals surface area contributed by atoms with Gasteiger partial charge >= 0.3 is 6.18 Å². The second-order valence-corrected chi connectivity index (χ2v) is 4.25. The van der Waals surface area contributed by atoms with Crippen molar-refractivity contribution < 1.29 is 13.2 Å². The molecule has 2 unspecified atom stereocenters. The van der Waals surface area contributed by atoms with Crippen molar-refractivity contribution in [3.63, 3.8) is 0 Å². The fourth-order valence-electron chi connectivity index (χ4n) is 1.10. The van der Waals surface area contributed by atoms with E-state index in [2.05, 4.69) is 11.6 Å². The third-order valence-corrected chi connectivity index (χ3v) is 2.50. The van der Waals surface area contributed by atoms with Crippen molar-refractivity contribution in [3.05, 3.63) is 23.9 Å². The molecular weight excluding hydrogens is 229 g/mol. The van der Waals surface area contributed by atoms with Gasteiger partial charge in [-0.3, -0.25) is 4.99 Å². The van der Waals surface area contributed by atoms with Gasteiger partial charge in [-0.15, -0.1) is 0 Å². The minimum atomic E-state index is -4.35. The number of hydrogen-bond acceptors (Lipinski definition) is 2. The lowest BCUT2D eigenvalue weighted by atomic mass is 9.94. The molecule has 98 valence electrons. The maximum atomic E-state index is 12.3. The maximum Gasteiger partial charge on any atom is 0.413 e. The molecule has 0 aromatic heterocycles. The first kappa shape index (κ1) is 15.9. The van der Waals surface area contributed by atoms with Crippen molar-refractivity contribution >= 4 is 5.71 Å². The molecule has 0 saturated heterocycles. The van der Waals surface area contributed by atoms with E-state index in [1.807, 2.05) is 6.92 Å². The summed E-state index contributed by atoms with van der Waals surface area (Å²) in [6, 6.07) is -0.190. The SMILES string of the molecule is C=C(C)C(=N/C=C(\C)C(F)(F)F)C(C)C(C)N. The van der Waals surface area contributed by atoms with Crippen molar-refractivity contribution in [2.45, 2.75) is 39.9 Å². The number of hydrogen-bond donors (Lipinski definition) is 1. The van der Waals surface area contributed by atoms with Crippen LogP contribution in [0.5, 0.6) is 0 Å². The van der Waals surface area contributed by atoms with E-state index in [0.717, 1.165) is 13.1 Å². The molecular formula is C12H19F3N2.